The number of carbonyl (C=O) groups is 1. The Bertz CT molecular complexity index is 965. The molecule has 2 aliphatic rings. The fourth-order valence-electron chi connectivity index (χ4n) is 4.73. The number of carboxylic acid groups (broad SMARTS) is 1. The Morgan fingerprint density at radius 2 is 1.84 bits per heavy atom. The number of fused-ring (bicyclic) bond motifs is 3. The van der Waals surface area contributed by atoms with E-state index >= 15 is 0 Å². The third-order valence-electron chi connectivity index (χ3n) is 6.71. The summed E-state index contributed by atoms with van der Waals surface area (Å²) >= 11 is 0. The van der Waals surface area contributed by atoms with E-state index in [1.165, 1.54) is 5.56 Å². The molecule has 32 heavy (non-hydrogen) atoms. The minimum atomic E-state index is -0.871. The SMILES string of the molecule is COc1ccc(OC[C@@H]2O[C@@H]3c4cc(C(C)C)ccc4OC(C)(C)[C@H]3C[C@@H]2C(=O)O)cc1. The predicted octanol–water partition coefficient (Wildman–Crippen LogP) is 5.22. The Morgan fingerprint density at radius 1 is 1.16 bits per heavy atom. The summed E-state index contributed by atoms with van der Waals surface area (Å²) in [6.45, 7) is 8.49. The van der Waals surface area contributed by atoms with Crippen molar-refractivity contribution in [3.63, 3.8) is 0 Å². The maximum absolute atomic E-state index is 12.1. The summed E-state index contributed by atoms with van der Waals surface area (Å²) in [4.78, 5) is 12.1. The summed E-state index contributed by atoms with van der Waals surface area (Å²) in [6, 6.07) is 13.5. The molecule has 2 aromatic rings. The highest BCUT2D eigenvalue weighted by molar-refractivity contribution is 5.71. The van der Waals surface area contributed by atoms with Crippen molar-refractivity contribution in [2.75, 3.05) is 13.7 Å². The Labute approximate surface area is 189 Å². The Kier molecular flexibility index (Phi) is 6.08. The van der Waals surface area contributed by atoms with Gasteiger partial charge in [0.2, 0.25) is 0 Å². The average Bonchev–Trinajstić information content (AvgIpc) is 2.76. The molecule has 6 heteroatoms. The van der Waals surface area contributed by atoms with Crippen molar-refractivity contribution in [3.8, 4) is 17.2 Å². The second-order valence-electron chi connectivity index (χ2n) is 9.53. The fraction of sp³-hybridized carbons (Fsp3) is 0.500. The van der Waals surface area contributed by atoms with Gasteiger partial charge >= 0.3 is 5.97 Å². The summed E-state index contributed by atoms with van der Waals surface area (Å²) in [5.74, 6) is 0.949. The topological polar surface area (TPSA) is 74.2 Å². The summed E-state index contributed by atoms with van der Waals surface area (Å²) in [6.07, 6.45) is -0.345. The predicted molar refractivity (Wildman–Crippen MR) is 121 cm³/mol. The molecule has 4 rings (SSSR count). The molecule has 4 atom stereocenters. The maximum Gasteiger partial charge on any atom is 0.309 e. The van der Waals surface area contributed by atoms with E-state index in [0.717, 1.165) is 17.1 Å². The van der Waals surface area contributed by atoms with Gasteiger partial charge in [-0.25, -0.2) is 0 Å². The molecule has 1 saturated heterocycles. The van der Waals surface area contributed by atoms with Gasteiger partial charge in [0.1, 0.15) is 35.6 Å². The van der Waals surface area contributed by atoms with E-state index in [1.54, 1.807) is 7.11 Å². The molecule has 2 aliphatic heterocycles. The van der Waals surface area contributed by atoms with Crippen LogP contribution in [-0.2, 0) is 9.53 Å². The molecule has 1 fully saturated rings. The van der Waals surface area contributed by atoms with Gasteiger partial charge in [0.05, 0.1) is 19.1 Å². The summed E-state index contributed by atoms with van der Waals surface area (Å²) in [5, 5.41) is 9.95. The van der Waals surface area contributed by atoms with Crippen LogP contribution >= 0.6 is 0 Å². The molecule has 0 amide bonds. The van der Waals surface area contributed by atoms with Gasteiger partial charge in [-0.05, 0) is 68.1 Å². The second-order valence-corrected chi connectivity index (χ2v) is 9.53. The molecule has 0 bridgehead atoms. The fourth-order valence-corrected chi connectivity index (χ4v) is 4.73. The largest absolute Gasteiger partial charge is 0.497 e. The highest BCUT2D eigenvalue weighted by Gasteiger charge is 2.52. The molecule has 6 nitrogen and oxygen atoms in total. The van der Waals surface area contributed by atoms with Gasteiger partial charge in [-0.15, -0.1) is 0 Å². The van der Waals surface area contributed by atoms with E-state index in [4.69, 9.17) is 18.9 Å². The first-order chi connectivity index (χ1) is 15.2. The number of methoxy groups -OCH3 is 1. The molecule has 2 heterocycles. The highest BCUT2D eigenvalue weighted by Crippen LogP contribution is 2.52. The van der Waals surface area contributed by atoms with Gasteiger partial charge in [-0.2, -0.15) is 0 Å². The minimum Gasteiger partial charge on any atom is -0.497 e. The Balaban J connectivity index is 1.61. The summed E-state index contributed by atoms with van der Waals surface area (Å²) in [7, 11) is 1.61. The zero-order valence-electron chi connectivity index (χ0n) is 19.3. The van der Waals surface area contributed by atoms with Gasteiger partial charge in [-0.1, -0.05) is 19.9 Å². The number of rotatable bonds is 6. The first-order valence-corrected chi connectivity index (χ1v) is 11.2. The number of carboxylic acids is 1. The van der Waals surface area contributed by atoms with Crippen LogP contribution in [0.2, 0.25) is 0 Å². The van der Waals surface area contributed by atoms with Crippen LogP contribution in [0.1, 0.15) is 57.3 Å². The number of benzene rings is 2. The molecule has 0 unspecified atom stereocenters. The minimum absolute atomic E-state index is 0.0734. The molecule has 0 radical (unpaired) electrons. The Morgan fingerprint density at radius 3 is 2.47 bits per heavy atom. The molecule has 1 N–H and O–H groups in total. The second kappa shape index (κ2) is 8.66. The van der Waals surface area contributed by atoms with Crippen molar-refractivity contribution in [1.82, 2.24) is 0 Å². The lowest BCUT2D eigenvalue weighted by molar-refractivity contribution is -0.192. The summed E-state index contributed by atoms with van der Waals surface area (Å²) in [5.41, 5.74) is 1.67. The lowest BCUT2D eigenvalue weighted by atomic mass is 9.71. The van der Waals surface area contributed by atoms with Crippen LogP contribution in [0.25, 0.3) is 0 Å². The smallest absolute Gasteiger partial charge is 0.309 e. The molecule has 2 aromatic carbocycles. The molecule has 0 saturated carbocycles. The van der Waals surface area contributed by atoms with Crippen LogP contribution < -0.4 is 14.2 Å². The zero-order valence-corrected chi connectivity index (χ0v) is 19.3. The van der Waals surface area contributed by atoms with Crippen LogP contribution in [0.5, 0.6) is 17.2 Å². The van der Waals surface area contributed by atoms with Crippen LogP contribution in [0.3, 0.4) is 0 Å². The van der Waals surface area contributed by atoms with Crippen LogP contribution in [-0.4, -0.2) is 36.5 Å². The number of hydrogen-bond donors (Lipinski definition) is 1. The van der Waals surface area contributed by atoms with Crippen molar-refractivity contribution in [2.45, 2.75) is 57.8 Å². The van der Waals surface area contributed by atoms with Crippen molar-refractivity contribution < 1.29 is 28.8 Å². The van der Waals surface area contributed by atoms with E-state index in [0.29, 0.717) is 18.1 Å². The normalized spacial score (nSPS) is 25.9. The molecule has 172 valence electrons. The van der Waals surface area contributed by atoms with E-state index in [-0.39, 0.29) is 18.6 Å². The first kappa shape index (κ1) is 22.5. The van der Waals surface area contributed by atoms with Crippen molar-refractivity contribution in [1.29, 1.82) is 0 Å². The van der Waals surface area contributed by atoms with Gasteiger partial charge < -0.3 is 24.1 Å². The van der Waals surface area contributed by atoms with E-state index in [9.17, 15) is 9.90 Å². The van der Waals surface area contributed by atoms with Gasteiger partial charge in [0, 0.05) is 11.5 Å². The van der Waals surface area contributed by atoms with Crippen LogP contribution in [0, 0.1) is 11.8 Å². The van der Waals surface area contributed by atoms with E-state index < -0.39 is 23.6 Å². The average molecular weight is 441 g/mol. The maximum atomic E-state index is 12.1. The molecule has 0 aliphatic carbocycles. The highest BCUT2D eigenvalue weighted by atomic mass is 16.6. The van der Waals surface area contributed by atoms with Gasteiger partial charge in [0.15, 0.2) is 0 Å². The zero-order chi connectivity index (χ0) is 23.0. The monoisotopic (exact) mass is 440 g/mol. The van der Waals surface area contributed by atoms with E-state index in [2.05, 4.69) is 26.0 Å². The Hall–Kier alpha value is -2.73. The van der Waals surface area contributed by atoms with Crippen molar-refractivity contribution in [2.24, 2.45) is 11.8 Å². The van der Waals surface area contributed by atoms with Gasteiger partial charge in [-0.3, -0.25) is 4.79 Å². The number of hydrogen-bond acceptors (Lipinski definition) is 5. The van der Waals surface area contributed by atoms with E-state index in [1.807, 2.05) is 44.2 Å². The van der Waals surface area contributed by atoms with Crippen molar-refractivity contribution in [3.05, 3.63) is 53.6 Å². The number of ether oxygens (including phenoxy) is 4. The molecule has 0 spiro atoms. The third kappa shape index (κ3) is 4.29. The van der Waals surface area contributed by atoms with Crippen molar-refractivity contribution >= 4 is 5.97 Å². The quantitative estimate of drug-likeness (QED) is 0.664. The lowest BCUT2D eigenvalue weighted by Gasteiger charge is -2.50. The standard InChI is InChI=1S/C26H32O6/c1-15(2)16-6-11-22-19(12-16)24-21(26(3,4)32-22)13-20(25(27)28)23(31-24)14-30-18-9-7-17(29-5)8-10-18/h6-12,15,20-21,23-24H,13-14H2,1-5H3,(H,27,28)/t20-,21-,23-,24+/m0/s1. The lowest BCUT2D eigenvalue weighted by Crippen LogP contribution is -2.53. The molecular formula is C26H32O6. The number of aliphatic carboxylic acids is 1. The molecule has 0 aromatic heterocycles. The molecular weight excluding hydrogens is 408 g/mol. The van der Waals surface area contributed by atoms with Gasteiger partial charge in [0.25, 0.3) is 0 Å². The summed E-state index contributed by atoms with van der Waals surface area (Å²) < 4.78 is 24.0. The first-order valence-electron chi connectivity index (χ1n) is 11.2. The van der Waals surface area contributed by atoms with Crippen LogP contribution in [0.4, 0.5) is 0 Å². The van der Waals surface area contributed by atoms with Crippen LogP contribution in [0.15, 0.2) is 42.5 Å². The third-order valence-corrected chi connectivity index (χ3v) is 6.71.